The molecule has 0 saturated carbocycles. The summed E-state index contributed by atoms with van der Waals surface area (Å²) in [5, 5.41) is 3.39. The molecule has 4 N–H and O–H groups in total. The zero-order valence-electron chi connectivity index (χ0n) is 20.9. The number of sulfonamides is 1. The molecule has 1 aliphatic rings. The van der Waals surface area contributed by atoms with E-state index in [1.807, 2.05) is 0 Å². The van der Waals surface area contributed by atoms with E-state index in [0.29, 0.717) is 24.2 Å². The molecule has 208 valence electrons. The molecule has 0 amide bonds. The second-order valence-corrected chi connectivity index (χ2v) is 11.7. The Morgan fingerprint density at radius 2 is 1.74 bits per heavy atom. The van der Waals surface area contributed by atoms with Gasteiger partial charge in [0.25, 0.3) is 0 Å². The van der Waals surface area contributed by atoms with E-state index in [-0.39, 0.29) is 37.9 Å². The number of aryl methyl sites for hydroxylation is 1. The molecule has 2 aromatic carbocycles. The number of nitrogens with two attached hydrogens (primary N) is 2. The van der Waals surface area contributed by atoms with Gasteiger partial charge in [-0.1, -0.05) is 12.1 Å². The molecular weight excluding hydrogens is 540 g/mol. The van der Waals surface area contributed by atoms with E-state index >= 15 is 0 Å². The van der Waals surface area contributed by atoms with Crippen LogP contribution >= 0.6 is 0 Å². The van der Waals surface area contributed by atoms with Crippen LogP contribution in [0.4, 0.5) is 0 Å². The SMILES string of the molecule is COC(=O)C1CCCN1S(=O)(=O)c1ccccc1S(=O)(=O)Oc1cc(C)cc(OCCCON=C(N)N)c1. The molecule has 1 unspecified atom stereocenters. The zero-order valence-corrected chi connectivity index (χ0v) is 22.5. The molecule has 1 atom stereocenters. The van der Waals surface area contributed by atoms with E-state index in [2.05, 4.69) is 5.16 Å². The van der Waals surface area contributed by atoms with E-state index in [1.54, 1.807) is 13.0 Å². The Bertz CT molecular complexity index is 1390. The first-order chi connectivity index (χ1) is 18.0. The van der Waals surface area contributed by atoms with Crippen LogP contribution in [0, 0.1) is 6.92 Å². The van der Waals surface area contributed by atoms with Crippen molar-refractivity contribution in [3.63, 3.8) is 0 Å². The van der Waals surface area contributed by atoms with Gasteiger partial charge >= 0.3 is 16.1 Å². The van der Waals surface area contributed by atoms with Gasteiger partial charge in [0.1, 0.15) is 33.9 Å². The quantitative estimate of drug-likeness (QED) is 0.0926. The van der Waals surface area contributed by atoms with Crippen LogP contribution in [0.3, 0.4) is 0 Å². The molecular formula is C23H30N4O9S2. The molecule has 0 aromatic heterocycles. The number of guanidine groups is 1. The van der Waals surface area contributed by atoms with Crippen molar-refractivity contribution in [3.05, 3.63) is 48.0 Å². The highest BCUT2D eigenvalue weighted by molar-refractivity contribution is 7.91. The lowest BCUT2D eigenvalue weighted by atomic mass is 10.2. The molecule has 2 aromatic rings. The van der Waals surface area contributed by atoms with E-state index in [9.17, 15) is 21.6 Å². The van der Waals surface area contributed by atoms with Crippen LogP contribution in [0.15, 0.2) is 57.4 Å². The lowest BCUT2D eigenvalue weighted by molar-refractivity contribution is -0.144. The first kappa shape index (κ1) is 29.0. The van der Waals surface area contributed by atoms with Crippen LogP contribution in [-0.2, 0) is 34.5 Å². The minimum atomic E-state index is -4.61. The van der Waals surface area contributed by atoms with Crippen LogP contribution in [0.25, 0.3) is 0 Å². The maximum Gasteiger partial charge on any atom is 0.340 e. The first-order valence-corrected chi connectivity index (χ1v) is 14.4. The number of esters is 1. The van der Waals surface area contributed by atoms with Gasteiger partial charge in [-0.3, -0.25) is 4.79 Å². The summed E-state index contributed by atoms with van der Waals surface area (Å²) < 4.78 is 70.1. The van der Waals surface area contributed by atoms with Gasteiger partial charge in [0.05, 0.1) is 13.7 Å². The topological polar surface area (TPSA) is 190 Å². The predicted molar refractivity (Wildman–Crippen MR) is 136 cm³/mol. The Morgan fingerprint density at radius 3 is 2.42 bits per heavy atom. The molecule has 1 heterocycles. The van der Waals surface area contributed by atoms with Crippen LogP contribution in [0.1, 0.15) is 24.8 Å². The van der Waals surface area contributed by atoms with Crippen LogP contribution in [0.2, 0.25) is 0 Å². The van der Waals surface area contributed by atoms with Gasteiger partial charge in [-0.15, -0.1) is 0 Å². The molecule has 1 aliphatic heterocycles. The van der Waals surface area contributed by atoms with Crippen molar-refractivity contribution < 1.29 is 40.1 Å². The molecule has 3 rings (SSSR count). The molecule has 15 heteroatoms. The highest BCUT2D eigenvalue weighted by Crippen LogP contribution is 2.32. The Labute approximate surface area is 221 Å². The van der Waals surface area contributed by atoms with Crippen LogP contribution in [-0.4, -0.2) is 66.0 Å². The van der Waals surface area contributed by atoms with E-state index < -0.39 is 41.9 Å². The van der Waals surface area contributed by atoms with Crippen molar-refractivity contribution >= 4 is 32.1 Å². The monoisotopic (exact) mass is 570 g/mol. The fraction of sp³-hybridized carbons (Fsp3) is 0.391. The first-order valence-electron chi connectivity index (χ1n) is 11.5. The number of oxime groups is 1. The molecule has 0 bridgehead atoms. The summed E-state index contributed by atoms with van der Waals surface area (Å²) in [6, 6.07) is 8.54. The summed E-state index contributed by atoms with van der Waals surface area (Å²) in [4.78, 5) is 16.0. The molecule has 0 spiro atoms. The van der Waals surface area contributed by atoms with Gasteiger partial charge in [-0.2, -0.15) is 12.7 Å². The fourth-order valence-corrected chi connectivity index (χ4v) is 7.19. The van der Waals surface area contributed by atoms with Crippen molar-refractivity contribution in [2.75, 3.05) is 26.9 Å². The molecule has 1 fully saturated rings. The summed E-state index contributed by atoms with van der Waals surface area (Å²) in [6.45, 7) is 2.17. The normalized spacial score (nSPS) is 16.0. The third-order valence-electron chi connectivity index (χ3n) is 5.43. The highest BCUT2D eigenvalue weighted by atomic mass is 32.2. The van der Waals surface area contributed by atoms with Gasteiger partial charge in [-0.25, -0.2) is 8.42 Å². The number of carbonyl (C=O) groups excluding carboxylic acids is 1. The second-order valence-electron chi connectivity index (χ2n) is 8.31. The Hall–Kier alpha value is -3.56. The molecule has 0 radical (unpaired) electrons. The summed E-state index contributed by atoms with van der Waals surface area (Å²) >= 11 is 0. The maximum atomic E-state index is 13.5. The highest BCUT2D eigenvalue weighted by Gasteiger charge is 2.42. The fourth-order valence-electron chi connectivity index (χ4n) is 3.85. The molecule has 13 nitrogen and oxygen atoms in total. The van der Waals surface area contributed by atoms with Crippen LogP contribution in [0.5, 0.6) is 11.5 Å². The predicted octanol–water partition coefficient (Wildman–Crippen LogP) is 1.06. The number of benzene rings is 2. The van der Waals surface area contributed by atoms with Crippen molar-refractivity contribution in [2.45, 2.75) is 42.0 Å². The van der Waals surface area contributed by atoms with Gasteiger partial charge in [0.2, 0.25) is 16.0 Å². The summed E-state index contributed by atoms with van der Waals surface area (Å²) in [6.07, 6.45) is 1.13. The van der Waals surface area contributed by atoms with Crippen LogP contribution < -0.4 is 20.4 Å². The standard InChI is InChI=1S/C23H30N4O9S2/c1-16-13-17(34-11-6-12-35-26-23(24)25)15-18(14-16)36-38(31,32)21-9-4-3-8-20(21)37(29,30)27-10-5-7-19(27)22(28)33-2/h3-4,8-9,13-15,19H,5-7,10-12H2,1-2H3,(H4,24,25,26). The van der Waals surface area contributed by atoms with Gasteiger partial charge in [-0.05, 0) is 54.8 Å². The van der Waals surface area contributed by atoms with E-state index in [4.69, 9.17) is 30.0 Å². The minimum absolute atomic E-state index is 0.0485. The average molecular weight is 571 g/mol. The largest absolute Gasteiger partial charge is 0.493 e. The summed E-state index contributed by atoms with van der Waals surface area (Å²) in [7, 11) is -7.82. The van der Waals surface area contributed by atoms with Crippen molar-refractivity contribution in [3.8, 4) is 11.5 Å². The van der Waals surface area contributed by atoms with Gasteiger partial charge in [0, 0.05) is 19.0 Å². The Kier molecular flexibility index (Phi) is 9.40. The molecule has 1 saturated heterocycles. The molecule has 38 heavy (non-hydrogen) atoms. The zero-order chi connectivity index (χ0) is 27.9. The minimum Gasteiger partial charge on any atom is -0.493 e. The lowest BCUT2D eigenvalue weighted by Crippen LogP contribution is -2.41. The number of rotatable bonds is 12. The van der Waals surface area contributed by atoms with E-state index in [1.165, 1.54) is 24.3 Å². The van der Waals surface area contributed by atoms with Crippen molar-refractivity contribution in [1.29, 1.82) is 0 Å². The lowest BCUT2D eigenvalue weighted by Gasteiger charge is -2.23. The number of ether oxygens (including phenoxy) is 2. The maximum absolute atomic E-state index is 13.5. The van der Waals surface area contributed by atoms with Crippen molar-refractivity contribution in [2.24, 2.45) is 16.6 Å². The number of hydrogen-bond acceptors (Lipinski definition) is 10. The Balaban J connectivity index is 1.82. The van der Waals surface area contributed by atoms with E-state index in [0.717, 1.165) is 23.5 Å². The Morgan fingerprint density at radius 1 is 1.05 bits per heavy atom. The smallest absolute Gasteiger partial charge is 0.340 e. The number of methoxy groups -OCH3 is 1. The average Bonchev–Trinajstić information content (AvgIpc) is 3.36. The number of hydrogen-bond donors (Lipinski definition) is 2. The third-order valence-corrected chi connectivity index (χ3v) is 8.83. The van der Waals surface area contributed by atoms with Gasteiger partial charge in [0.15, 0.2) is 0 Å². The number of carbonyl (C=O) groups is 1. The molecule has 0 aliphatic carbocycles. The third kappa shape index (κ3) is 7.05. The summed E-state index contributed by atoms with van der Waals surface area (Å²) in [5.41, 5.74) is 11.0. The summed E-state index contributed by atoms with van der Waals surface area (Å²) in [5.74, 6) is -0.656. The van der Waals surface area contributed by atoms with Gasteiger partial charge < -0.3 is 30.0 Å². The van der Waals surface area contributed by atoms with Crippen molar-refractivity contribution in [1.82, 2.24) is 4.31 Å². The second kappa shape index (κ2) is 12.3. The number of nitrogens with zero attached hydrogens (tertiary/aromatic N) is 2.